The molecule has 0 saturated heterocycles. The normalized spacial score (nSPS) is 15.4. The number of halogens is 1. The molecule has 6 nitrogen and oxygen atoms in total. The minimum absolute atomic E-state index is 0.164. The summed E-state index contributed by atoms with van der Waals surface area (Å²) in [4.78, 5) is 13.0. The van der Waals surface area contributed by atoms with Gasteiger partial charge in [0.05, 0.1) is 23.9 Å². The largest absolute Gasteiger partial charge is 0.493 e. The predicted molar refractivity (Wildman–Crippen MR) is 119 cm³/mol. The summed E-state index contributed by atoms with van der Waals surface area (Å²) >= 11 is 6.15. The number of para-hydroxylation sites is 1. The van der Waals surface area contributed by atoms with Crippen molar-refractivity contribution in [3.8, 4) is 22.8 Å². The van der Waals surface area contributed by atoms with Gasteiger partial charge in [0.15, 0.2) is 0 Å². The molecule has 0 saturated carbocycles. The second-order valence-electron chi connectivity index (χ2n) is 7.54. The monoisotopic (exact) mass is 433 g/mol. The minimum atomic E-state index is -0.362. The molecule has 7 heteroatoms. The Morgan fingerprint density at radius 1 is 1.19 bits per heavy atom. The van der Waals surface area contributed by atoms with Crippen molar-refractivity contribution in [3.05, 3.63) is 82.5 Å². The summed E-state index contributed by atoms with van der Waals surface area (Å²) in [6.07, 6.45) is 0.658. The first-order valence-electron chi connectivity index (χ1n) is 10.0. The number of aryl methyl sites for hydroxylation is 1. The molecule has 2 N–H and O–H groups in total. The second kappa shape index (κ2) is 7.63. The number of fused-ring (bicyclic) bond motifs is 2. The van der Waals surface area contributed by atoms with E-state index in [2.05, 4.69) is 10.4 Å². The van der Waals surface area contributed by atoms with Crippen LogP contribution >= 0.6 is 11.6 Å². The third-order valence-corrected chi connectivity index (χ3v) is 5.80. The van der Waals surface area contributed by atoms with Gasteiger partial charge in [-0.1, -0.05) is 41.9 Å². The van der Waals surface area contributed by atoms with E-state index in [4.69, 9.17) is 16.3 Å². The van der Waals surface area contributed by atoms with E-state index in [9.17, 15) is 9.90 Å². The van der Waals surface area contributed by atoms with Crippen LogP contribution in [0.3, 0.4) is 0 Å². The Morgan fingerprint density at radius 2 is 2.03 bits per heavy atom. The summed E-state index contributed by atoms with van der Waals surface area (Å²) in [5.74, 6) is 0.206. The van der Waals surface area contributed by atoms with Crippen LogP contribution in [0.15, 0.2) is 60.7 Å². The lowest BCUT2D eigenvalue weighted by molar-refractivity contribution is 0.0921. The number of carbonyl (C=O) groups excluding carboxylic acids is 1. The summed E-state index contributed by atoms with van der Waals surface area (Å²) in [6.45, 7) is 2.38. The molecule has 4 aromatic rings. The van der Waals surface area contributed by atoms with Crippen LogP contribution in [0.1, 0.15) is 34.1 Å². The fourth-order valence-electron chi connectivity index (χ4n) is 4.12. The van der Waals surface area contributed by atoms with Crippen molar-refractivity contribution in [2.24, 2.45) is 0 Å². The Labute approximate surface area is 184 Å². The van der Waals surface area contributed by atoms with E-state index in [0.717, 1.165) is 28.1 Å². The Kier molecular flexibility index (Phi) is 4.79. The van der Waals surface area contributed by atoms with Gasteiger partial charge < -0.3 is 15.2 Å². The van der Waals surface area contributed by atoms with Gasteiger partial charge in [-0.3, -0.25) is 4.79 Å². The van der Waals surface area contributed by atoms with Crippen LogP contribution in [0.2, 0.25) is 5.02 Å². The standard InChI is InChI=1S/C24H20ClN3O3/c1-14-22(15-5-4-6-16(25)13-15)20-10-9-18(24(30)28(20)27-14)23(29)26-19-11-12-31-21-8-3-2-7-17(19)21/h2-10,13,19,30H,11-12H2,1H3,(H,26,29)/t19-/m0/s1. The van der Waals surface area contributed by atoms with Crippen LogP contribution in [0.25, 0.3) is 16.6 Å². The number of nitrogens with one attached hydrogen (secondary N) is 1. The smallest absolute Gasteiger partial charge is 0.257 e. The summed E-state index contributed by atoms with van der Waals surface area (Å²) in [7, 11) is 0. The number of carbonyl (C=O) groups is 1. The maximum atomic E-state index is 13.0. The van der Waals surface area contributed by atoms with E-state index in [1.165, 1.54) is 4.52 Å². The Bertz CT molecular complexity index is 1310. The molecule has 0 radical (unpaired) electrons. The molecule has 1 aliphatic rings. The first-order chi connectivity index (χ1) is 15.0. The molecule has 1 aliphatic heterocycles. The van der Waals surface area contributed by atoms with Crippen molar-refractivity contribution < 1.29 is 14.6 Å². The number of hydrogen-bond acceptors (Lipinski definition) is 4. The molecular formula is C24H20ClN3O3. The highest BCUT2D eigenvalue weighted by Gasteiger charge is 2.25. The third-order valence-electron chi connectivity index (χ3n) is 5.57. The molecule has 0 spiro atoms. The predicted octanol–water partition coefficient (Wildman–Crippen LogP) is 4.92. The van der Waals surface area contributed by atoms with Crippen LogP contribution in [-0.2, 0) is 0 Å². The lowest BCUT2D eigenvalue weighted by atomic mass is 10.00. The highest BCUT2D eigenvalue weighted by atomic mass is 35.5. The van der Waals surface area contributed by atoms with Crippen molar-refractivity contribution in [2.45, 2.75) is 19.4 Å². The number of aromatic hydroxyl groups is 1. The summed E-state index contributed by atoms with van der Waals surface area (Å²) in [5, 5.41) is 19.0. The molecule has 156 valence electrons. The van der Waals surface area contributed by atoms with E-state index in [0.29, 0.717) is 23.6 Å². The fraction of sp³-hybridized carbons (Fsp3) is 0.167. The average Bonchev–Trinajstić information content (AvgIpc) is 3.11. The number of aromatic nitrogens is 2. The zero-order valence-electron chi connectivity index (χ0n) is 16.8. The molecule has 1 amide bonds. The maximum absolute atomic E-state index is 13.0. The maximum Gasteiger partial charge on any atom is 0.257 e. The first-order valence-corrected chi connectivity index (χ1v) is 10.4. The zero-order valence-corrected chi connectivity index (χ0v) is 17.6. The van der Waals surface area contributed by atoms with Crippen LogP contribution in [0.4, 0.5) is 0 Å². The Hall–Kier alpha value is -3.51. The number of amides is 1. The number of hydrogen-bond donors (Lipinski definition) is 2. The van der Waals surface area contributed by atoms with Gasteiger partial charge in [-0.25, -0.2) is 0 Å². The van der Waals surface area contributed by atoms with Crippen molar-refractivity contribution in [3.63, 3.8) is 0 Å². The highest BCUT2D eigenvalue weighted by Crippen LogP contribution is 2.34. The minimum Gasteiger partial charge on any atom is -0.493 e. The third kappa shape index (κ3) is 3.39. The molecule has 3 heterocycles. The van der Waals surface area contributed by atoms with Gasteiger partial charge in [0.1, 0.15) is 11.3 Å². The SMILES string of the molecule is Cc1nn2c(O)c(C(=O)N[C@H]3CCOc4ccccc43)ccc2c1-c1cccc(Cl)c1. The molecule has 2 aromatic heterocycles. The number of pyridine rings is 1. The van der Waals surface area contributed by atoms with Crippen molar-refractivity contribution >= 4 is 23.0 Å². The van der Waals surface area contributed by atoms with E-state index < -0.39 is 0 Å². The van der Waals surface area contributed by atoms with E-state index in [-0.39, 0.29) is 23.4 Å². The molecule has 0 bridgehead atoms. The molecule has 31 heavy (non-hydrogen) atoms. The summed E-state index contributed by atoms with van der Waals surface area (Å²) < 4.78 is 7.07. The average molecular weight is 434 g/mol. The van der Waals surface area contributed by atoms with Crippen LogP contribution in [0, 0.1) is 6.92 Å². The molecule has 0 unspecified atom stereocenters. The van der Waals surface area contributed by atoms with E-state index >= 15 is 0 Å². The number of rotatable bonds is 3. The lowest BCUT2D eigenvalue weighted by Crippen LogP contribution is -2.32. The Morgan fingerprint density at radius 3 is 2.87 bits per heavy atom. The van der Waals surface area contributed by atoms with Crippen molar-refractivity contribution in [1.82, 2.24) is 14.9 Å². The van der Waals surface area contributed by atoms with Gasteiger partial charge in [-0.15, -0.1) is 0 Å². The quantitative estimate of drug-likeness (QED) is 0.480. The second-order valence-corrected chi connectivity index (χ2v) is 7.98. The first kappa shape index (κ1) is 19.5. The molecule has 0 aliphatic carbocycles. The molecular weight excluding hydrogens is 414 g/mol. The lowest BCUT2D eigenvalue weighted by Gasteiger charge is -2.26. The summed E-state index contributed by atoms with van der Waals surface area (Å²) in [5.41, 5.74) is 4.29. The molecule has 0 fully saturated rings. The van der Waals surface area contributed by atoms with Gasteiger partial charge in [0.25, 0.3) is 5.91 Å². The number of nitrogens with zero attached hydrogens (tertiary/aromatic N) is 2. The van der Waals surface area contributed by atoms with Crippen molar-refractivity contribution in [1.29, 1.82) is 0 Å². The van der Waals surface area contributed by atoms with Gasteiger partial charge in [-0.2, -0.15) is 9.61 Å². The highest BCUT2D eigenvalue weighted by molar-refractivity contribution is 6.30. The van der Waals surface area contributed by atoms with Crippen LogP contribution in [0.5, 0.6) is 11.6 Å². The Balaban J connectivity index is 1.51. The van der Waals surface area contributed by atoms with Gasteiger partial charge in [0.2, 0.25) is 5.88 Å². The van der Waals surface area contributed by atoms with Crippen LogP contribution in [-0.4, -0.2) is 27.2 Å². The fourth-order valence-corrected chi connectivity index (χ4v) is 4.31. The topological polar surface area (TPSA) is 75.9 Å². The van der Waals surface area contributed by atoms with E-state index in [1.807, 2.05) is 49.4 Å². The molecule has 1 atom stereocenters. The van der Waals surface area contributed by atoms with Crippen molar-refractivity contribution in [2.75, 3.05) is 6.61 Å². The molecule has 5 rings (SSSR count). The van der Waals surface area contributed by atoms with Gasteiger partial charge >= 0.3 is 0 Å². The van der Waals surface area contributed by atoms with Crippen LogP contribution < -0.4 is 10.1 Å². The van der Waals surface area contributed by atoms with E-state index in [1.54, 1.807) is 18.2 Å². The number of benzene rings is 2. The zero-order chi connectivity index (χ0) is 21.5. The number of ether oxygens (including phenoxy) is 1. The van der Waals surface area contributed by atoms with Gasteiger partial charge in [-0.05, 0) is 42.8 Å². The molecule has 2 aromatic carbocycles. The van der Waals surface area contributed by atoms with Gasteiger partial charge in [0, 0.05) is 22.6 Å². The summed E-state index contributed by atoms with van der Waals surface area (Å²) in [6, 6.07) is 18.4.